The zero-order chi connectivity index (χ0) is 57.7. The summed E-state index contributed by atoms with van der Waals surface area (Å²) in [5, 5.41) is 10.4. The van der Waals surface area contributed by atoms with Crippen LogP contribution in [0.1, 0.15) is 195 Å². The third-order valence-electron chi connectivity index (χ3n) is 26.6. The van der Waals surface area contributed by atoms with Crippen molar-refractivity contribution in [2.45, 2.75) is 245 Å². The molecule has 10 nitrogen and oxygen atoms in total. The Bertz CT molecular complexity index is 2750. The summed E-state index contributed by atoms with van der Waals surface area (Å²) >= 11 is 0. The Hall–Kier alpha value is -3.70. The molecule has 4 aliphatic heterocycles. The average molecular weight is 1140 g/mol. The fraction of sp³-hybridized carbons (Fsp3) is 0.753. The van der Waals surface area contributed by atoms with E-state index in [1.807, 2.05) is 77.6 Å². The van der Waals surface area contributed by atoms with Crippen LogP contribution in [-0.2, 0) is 36.9 Å². The number of benzene rings is 2. The zero-order valence-corrected chi connectivity index (χ0v) is 52.3. The second-order valence-corrected chi connectivity index (χ2v) is 30.9. The number of amides is 2. The van der Waals surface area contributed by atoms with Gasteiger partial charge in [0.25, 0.3) is 0 Å². The molecule has 0 unspecified atom stereocenters. The Balaban J connectivity index is 0.000000155. The Morgan fingerprint density at radius 1 is 0.578 bits per heavy atom. The lowest BCUT2D eigenvalue weighted by Gasteiger charge is -2.54. The first-order valence-corrected chi connectivity index (χ1v) is 33.8. The minimum Gasteiger partial charge on any atom is -0.445 e. The number of hydrogen-bond acceptors (Lipinski definition) is 8. The molecule has 8 aliphatic carbocycles. The molecule has 6 saturated carbocycles. The number of carbonyl (C=O) groups is 2. The largest absolute Gasteiger partial charge is 0.445 e. The molecule has 10 fully saturated rings. The summed E-state index contributed by atoms with van der Waals surface area (Å²) in [5.41, 5.74) is 9.28. The molecule has 10 heteroatoms. The van der Waals surface area contributed by atoms with E-state index in [1.165, 1.54) is 77.0 Å². The summed E-state index contributed by atoms with van der Waals surface area (Å²) in [5.74, 6) is 7.53. The van der Waals surface area contributed by atoms with Crippen molar-refractivity contribution >= 4 is 12.2 Å². The number of rotatable bonds is 5. The number of aliphatic hydroxyl groups excluding tert-OH is 1. The third-order valence-corrected chi connectivity index (χ3v) is 26.6. The van der Waals surface area contributed by atoms with E-state index in [1.54, 1.807) is 22.3 Å². The maximum absolute atomic E-state index is 13.5. The molecule has 454 valence electrons. The molecular formula is C73H104N2O8. The molecule has 22 atom stereocenters. The first-order valence-electron chi connectivity index (χ1n) is 33.8. The van der Waals surface area contributed by atoms with Crippen LogP contribution >= 0.6 is 0 Å². The molecule has 0 radical (unpaired) electrons. The van der Waals surface area contributed by atoms with Crippen LogP contribution in [0.25, 0.3) is 0 Å². The second kappa shape index (κ2) is 22.8. The fourth-order valence-corrected chi connectivity index (χ4v) is 22.3. The van der Waals surface area contributed by atoms with Gasteiger partial charge < -0.3 is 38.6 Å². The third kappa shape index (κ3) is 10.3. The van der Waals surface area contributed by atoms with Crippen LogP contribution in [0.2, 0.25) is 0 Å². The van der Waals surface area contributed by atoms with E-state index in [-0.39, 0.29) is 59.7 Å². The summed E-state index contributed by atoms with van der Waals surface area (Å²) < 4.78 is 32.0. The molecule has 1 N–H and O–H groups in total. The standard InChI is InChI=1S/C37H53NO4.C36H51NO4/c1-23-17-33-34(38(21-23)35(39)41-22-26-9-7-6-8-10-26)25(3)37(42-33)16-14-29-30-12-11-27-18-28(40-5)13-15-36(27,4)32(30)19-31(29)24(2)20-37;1-22-16-32-33(37(20-22)34(39)40-21-25-8-6-5-7-9-25)24(3)36(41-32)15-13-28-29-11-10-26-17-27(38)12-14-35(26,4)31(29)18-30(28)23(2)19-36/h6-10,23,25,27-30,32-34H,11-22H2,1-5H3;5-9,22,24,26-29,31-33,38H,10-21H2,1-4H3/t23-,25+,27+,28+,29-,30-,32-,33+,34-,36-,37-;22-,24+,26+,27+,28-,29-,31-,32+,33-,35-,36-/m00/s1. The maximum Gasteiger partial charge on any atom is 0.410 e. The molecule has 14 rings (SSSR count). The Morgan fingerprint density at radius 2 is 1.02 bits per heavy atom. The molecule has 4 saturated heterocycles. The number of hydrogen-bond donors (Lipinski definition) is 1. The van der Waals surface area contributed by atoms with Crippen molar-refractivity contribution in [3.63, 3.8) is 0 Å². The van der Waals surface area contributed by atoms with Crippen molar-refractivity contribution in [3.8, 4) is 0 Å². The summed E-state index contributed by atoms with van der Waals surface area (Å²) in [6.07, 6.45) is 23.9. The van der Waals surface area contributed by atoms with E-state index in [0.29, 0.717) is 59.7 Å². The topological polar surface area (TPSA) is 107 Å². The van der Waals surface area contributed by atoms with Crippen LogP contribution < -0.4 is 0 Å². The van der Waals surface area contributed by atoms with Gasteiger partial charge in [0.1, 0.15) is 13.2 Å². The molecule has 12 aliphatic rings. The van der Waals surface area contributed by atoms with E-state index in [0.717, 1.165) is 111 Å². The van der Waals surface area contributed by atoms with Gasteiger partial charge in [-0.25, -0.2) is 9.59 Å². The highest BCUT2D eigenvalue weighted by Gasteiger charge is 2.63. The van der Waals surface area contributed by atoms with E-state index < -0.39 is 0 Å². The molecule has 2 amide bonds. The summed E-state index contributed by atoms with van der Waals surface area (Å²) in [6, 6.07) is 20.2. The summed E-state index contributed by atoms with van der Waals surface area (Å²) in [6.45, 7) is 21.4. The number of nitrogens with zero attached hydrogens (tertiary/aromatic N) is 2. The van der Waals surface area contributed by atoms with Gasteiger partial charge in [-0.1, -0.05) is 124 Å². The smallest absolute Gasteiger partial charge is 0.410 e. The van der Waals surface area contributed by atoms with Crippen molar-refractivity contribution in [1.29, 1.82) is 0 Å². The van der Waals surface area contributed by atoms with Crippen LogP contribution in [-0.4, -0.2) is 95.0 Å². The summed E-state index contributed by atoms with van der Waals surface area (Å²) in [4.78, 5) is 31.1. The Kier molecular flexibility index (Phi) is 16.0. The van der Waals surface area contributed by atoms with Crippen molar-refractivity contribution in [3.05, 3.63) is 94.1 Å². The number of fused-ring (bicyclic) bond motifs is 12. The van der Waals surface area contributed by atoms with Crippen molar-refractivity contribution in [2.24, 2.45) is 81.8 Å². The molecule has 0 aromatic heterocycles. The Labute approximate surface area is 499 Å². The summed E-state index contributed by atoms with van der Waals surface area (Å²) in [7, 11) is 1.91. The molecular weight excluding hydrogens is 1030 g/mol. The van der Waals surface area contributed by atoms with Gasteiger partial charge in [0.05, 0.1) is 47.7 Å². The van der Waals surface area contributed by atoms with Crippen molar-refractivity contribution < 1.29 is 38.4 Å². The molecule has 2 aromatic rings. The average Bonchev–Trinajstić information content (AvgIpc) is 2.65. The van der Waals surface area contributed by atoms with Gasteiger partial charge in [-0.05, 0) is 223 Å². The predicted molar refractivity (Wildman–Crippen MR) is 325 cm³/mol. The van der Waals surface area contributed by atoms with Gasteiger partial charge in [0.2, 0.25) is 0 Å². The highest BCUT2D eigenvalue weighted by molar-refractivity contribution is 5.69. The first-order chi connectivity index (χ1) is 39.9. The quantitative estimate of drug-likeness (QED) is 0.295. The van der Waals surface area contributed by atoms with Crippen LogP contribution in [0.5, 0.6) is 0 Å². The molecule has 2 aromatic carbocycles. The molecule has 4 heterocycles. The highest BCUT2D eigenvalue weighted by Crippen LogP contribution is 2.68. The molecule has 0 bridgehead atoms. The van der Waals surface area contributed by atoms with Crippen molar-refractivity contribution in [2.75, 3.05) is 20.2 Å². The first kappa shape index (κ1) is 58.3. The minimum atomic E-state index is -0.190. The molecule has 2 spiro atoms. The number of aliphatic hydroxyl groups is 1. The van der Waals surface area contributed by atoms with Crippen LogP contribution in [0.15, 0.2) is 83.0 Å². The van der Waals surface area contributed by atoms with Gasteiger partial charge in [0.15, 0.2) is 0 Å². The SMILES string of the molecule is CC1=C2C[C@H]3[C@@H](CC[C@@H]4C[C@H](O)CC[C@@]43C)[C@@H]2CC[C@@]2(C1)O[C@@H]1C[C@H](C)CN(C(=O)OCc3ccccc3)[C@H]1[C@H]2C.CO[C@@H]1CC[C@@]2(C)[C@H](CC[C@H]3[C@@H]4CC[C@@]5(CC(C)=C4C[C@@H]32)O[C@@H]2C[C@H](C)CN(C(=O)OCc3ccccc3)[C@H]2[C@H]5C)C1. The predicted octanol–water partition coefficient (Wildman–Crippen LogP) is 15.7. The van der Waals surface area contributed by atoms with E-state index in [2.05, 4.69) is 55.4 Å². The minimum absolute atomic E-state index is 0.0836. The van der Waals surface area contributed by atoms with Crippen LogP contribution in [0, 0.1) is 81.8 Å². The number of methoxy groups -OCH3 is 1. The number of carbonyl (C=O) groups excluding carboxylic acids is 2. The fourth-order valence-electron chi connectivity index (χ4n) is 22.3. The van der Waals surface area contributed by atoms with Gasteiger partial charge in [-0.3, -0.25) is 0 Å². The van der Waals surface area contributed by atoms with Crippen LogP contribution in [0.4, 0.5) is 9.59 Å². The van der Waals surface area contributed by atoms with Gasteiger partial charge in [-0.15, -0.1) is 0 Å². The van der Waals surface area contributed by atoms with Crippen molar-refractivity contribution in [1.82, 2.24) is 9.80 Å². The van der Waals surface area contributed by atoms with Gasteiger partial charge in [0, 0.05) is 32.0 Å². The number of allylic oxidation sites excluding steroid dienone is 2. The lowest BCUT2D eigenvalue weighted by molar-refractivity contribution is -0.0863. The second-order valence-electron chi connectivity index (χ2n) is 30.9. The van der Waals surface area contributed by atoms with Gasteiger partial charge in [-0.2, -0.15) is 0 Å². The molecule has 83 heavy (non-hydrogen) atoms. The monoisotopic (exact) mass is 1140 g/mol. The van der Waals surface area contributed by atoms with E-state index in [9.17, 15) is 14.7 Å². The Morgan fingerprint density at radius 3 is 1.48 bits per heavy atom. The van der Waals surface area contributed by atoms with E-state index >= 15 is 0 Å². The van der Waals surface area contributed by atoms with Crippen LogP contribution in [0.3, 0.4) is 0 Å². The normalized spacial score (nSPS) is 45.1. The lowest BCUT2D eigenvalue weighted by atomic mass is 9.52. The number of ether oxygens (including phenoxy) is 5. The van der Waals surface area contributed by atoms with Gasteiger partial charge >= 0.3 is 12.2 Å². The lowest BCUT2D eigenvalue weighted by Crippen LogP contribution is -2.54. The number of piperidine rings is 2. The van der Waals surface area contributed by atoms with E-state index in [4.69, 9.17) is 23.7 Å². The maximum atomic E-state index is 13.5. The number of likely N-dealkylation sites (tertiary alicyclic amines) is 2. The highest BCUT2D eigenvalue weighted by atomic mass is 16.6. The zero-order valence-electron chi connectivity index (χ0n) is 52.3.